The molecule has 0 bridgehead atoms. The minimum Gasteiger partial charge on any atom is -0.497 e. The Morgan fingerprint density at radius 2 is 1.70 bits per heavy atom. The fourth-order valence-corrected chi connectivity index (χ4v) is 3.34. The van der Waals surface area contributed by atoms with Crippen LogP contribution in [0.25, 0.3) is 0 Å². The van der Waals surface area contributed by atoms with Crippen molar-refractivity contribution in [1.29, 1.82) is 0 Å². The van der Waals surface area contributed by atoms with Gasteiger partial charge in [-0.25, -0.2) is 0 Å². The number of rotatable bonds is 10. The summed E-state index contributed by atoms with van der Waals surface area (Å²) in [4.78, 5) is 13.4. The van der Waals surface area contributed by atoms with Gasteiger partial charge in [0, 0.05) is 11.4 Å². The van der Waals surface area contributed by atoms with Crippen molar-refractivity contribution in [3.63, 3.8) is 0 Å². The summed E-state index contributed by atoms with van der Waals surface area (Å²) >= 11 is 1.51. The first-order chi connectivity index (χ1) is 13.1. The smallest absolute Gasteiger partial charge is 0.233 e. The highest BCUT2D eigenvalue weighted by Crippen LogP contribution is 2.29. The normalized spacial score (nSPS) is 11.6. The van der Waals surface area contributed by atoms with E-state index in [0.29, 0.717) is 25.5 Å². The molecule has 6 heteroatoms. The molecule has 0 saturated carbocycles. The summed E-state index contributed by atoms with van der Waals surface area (Å²) in [6.45, 7) is 7.35. The number of amides is 1. The number of methoxy groups -OCH3 is 1. The molecular weight excluding hydrogens is 362 g/mol. The number of thioether (sulfide) groups is 1. The molecule has 0 fully saturated rings. The molecule has 27 heavy (non-hydrogen) atoms. The summed E-state index contributed by atoms with van der Waals surface area (Å²) in [7, 11) is 1.64. The van der Waals surface area contributed by atoms with Gasteiger partial charge in [-0.1, -0.05) is 6.07 Å². The third-order valence-electron chi connectivity index (χ3n) is 3.82. The van der Waals surface area contributed by atoms with Gasteiger partial charge in [0.1, 0.15) is 5.75 Å². The monoisotopic (exact) mass is 389 g/mol. The van der Waals surface area contributed by atoms with Crippen LogP contribution < -0.4 is 19.5 Å². The van der Waals surface area contributed by atoms with E-state index < -0.39 is 0 Å². The van der Waals surface area contributed by atoms with Crippen molar-refractivity contribution in [1.82, 2.24) is 5.32 Å². The lowest BCUT2D eigenvalue weighted by Gasteiger charge is -2.14. The molecule has 0 heterocycles. The van der Waals surface area contributed by atoms with E-state index in [1.807, 2.05) is 63.2 Å². The maximum atomic E-state index is 12.4. The maximum absolute atomic E-state index is 12.4. The van der Waals surface area contributed by atoms with Crippen LogP contribution in [0.5, 0.6) is 17.2 Å². The molecule has 0 aromatic heterocycles. The Labute approximate surface area is 165 Å². The number of benzene rings is 2. The second kappa shape index (κ2) is 10.7. The number of carbonyl (C=O) groups excluding carboxylic acids is 1. The van der Waals surface area contributed by atoms with Gasteiger partial charge < -0.3 is 19.5 Å². The molecule has 0 spiro atoms. The fourth-order valence-electron chi connectivity index (χ4n) is 2.45. The van der Waals surface area contributed by atoms with Crippen LogP contribution in [0.1, 0.15) is 26.3 Å². The largest absolute Gasteiger partial charge is 0.497 e. The Morgan fingerprint density at radius 3 is 2.33 bits per heavy atom. The Kier molecular flexibility index (Phi) is 8.33. The average molecular weight is 390 g/mol. The zero-order valence-corrected chi connectivity index (χ0v) is 17.1. The van der Waals surface area contributed by atoms with Gasteiger partial charge in [-0.2, -0.15) is 0 Å². The molecule has 1 amide bonds. The highest BCUT2D eigenvalue weighted by molar-refractivity contribution is 8.00. The topological polar surface area (TPSA) is 56.8 Å². The molecule has 146 valence electrons. The number of hydrogen-bond donors (Lipinski definition) is 1. The minimum atomic E-state index is -0.201. The van der Waals surface area contributed by atoms with Crippen molar-refractivity contribution >= 4 is 17.7 Å². The summed E-state index contributed by atoms with van der Waals surface area (Å²) in [5.41, 5.74) is 0.969. The molecule has 2 aromatic carbocycles. The van der Waals surface area contributed by atoms with Crippen LogP contribution in [0, 0.1) is 0 Å². The van der Waals surface area contributed by atoms with E-state index in [1.54, 1.807) is 7.11 Å². The molecule has 1 N–H and O–H groups in total. The number of nitrogens with one attached hydrogen (secondary N) is 1. The predicted molar refractivity (Wildman–Crippen MR) is 109 cm³/mol. The molecule has 0 saturated heterocycles. The first kappa shape index (κ1) is 21.0. The van der Waals surface area contributed by atoms with Gasteiger partial charge in [0.2, 0.25) is 5.91 Å². The van der Waals surface area contributed by atoms with Crippen molar-refractivity contribution in [3.05, 3.63) is 48.0 Å². The summed E-state index contributed by atoms with van der Waals surface area (Å²) < 4.78 is 16.3. The molecule has 2 rings (SSSR count). The Balaban J connectivity index is 1.92. The van der Waals surface area contributed by atoms with Gasteiger partial charge in [0.05, 0.1) is 25.6 Å². The summed E-state index contributed by atoms with van der Waals surface area (Å²) in [6, 6.07) is 13.4. The van der Waals surface area contributed by atoms with E-state index >= 15 is 0 Å². The third kappa shape index (κ3) is 6.40. The quantitative estimate of drug-likeness (QED) is 0.614. The fraction of sp³-hybridized carbons (Fsp3) is 0.381. The van der Waals surface area contributed by atoms with E-state index in [4.69, 9.17) is 14.2 Å². The molecule has 0 radical (unpaired) electrons. The van der Waals surface area contributed by atoms with Gasteiger partial charge in [-0.3, -0.25) is 4.79 Å². The van der Waals surface area contributed by atoms with Crippen molar-refractivity contribution in [3.8, 4) is 17.2 Å². The maximum Gasteiger partial charge on any atom is 0.233 e. The van der Waals surface area contributed by atoms with E-state index in [1.165, 1.54) is 11.8 Å². The molecule has 0 aliphatic carbocycles. The highest BCUT2D eigenvalue weighted by Gasteiger charge is 2.15. The van der Waals surface area contributed by atoms with E-state index in [9.17, 15) is 4.79 Å². The van der Waals surface area contributed by atoms with Crippen LogP contribution in [0.3, 0.4) is 0 Å². The molecule has 2 aromatic rings. The van der Waals surface area contributed by atoms with Gasteiger partial charge in [-0.15, -0.1) is 11.8 Å². The second-order valence-corrected chi connectivity index (χ2v) is 7.21. The standard InChI is InChI=1S/C21H27NO4S/c1-5-25-19-12-7-16(13-20(19)26-6-2)14-22-21(23)15(3)27-18-10-8-17(24-4)9-11-18/h7-13,15H,5-6,14H2,1-4H3,(H,22,23). The van der Waals surface area contributed by atoms with Crippen LogP contribution in [0.15, 0.2) is 47.4 Å². The van der Waals surface area contributed by atoms with Crippen LogP contribution in [0.2, 0.25) is 0 Å². The predicted octanol–water partition coefficient (Wildman–Crippen LogP) is 4.29. The lowest BCUT2D eigenvalue weighted by Crippen LogP contribution is -2.30. The van der Waals surface area contributed by atoms with Gasteiger partial charge in [-0.05, 0) is 62.7 Å². The second-order valence-electron chi connectivity index (χ2n) is 5.80. The summed E-state index contributed by atoms with van der Waals surface area (Å²) in [6.07, 6.45) is 0. The summed E-state index contributed by atoms with van der Waals surface area (Å²) in [5, 5.41) is 2.78. The number of hydrogen-bond acceptors (Lipinski definition) is 5. The molecule has 1 atom stereocenters. The molecule has 5 nitrogen and oxygen atoms in total. The minimum absolute atomic E-state index is 0.0114. The molecule has 0 aliphatic rings. The van der Waals surface area contributed by atoms with Crippen molar-refractivity contribution in [2.75, 3.05) is 20.3 Å². The van der Waals surface area contributed by atoms with E-state index in [0.717, 1.165) is 22.0 Å². The Hall–Kier alpha value is -2.34. The number of carbonyl (C=O) groups is 1. The van der Waals surface area contributed by atoms with E-state index in [-0.39, 0.29) is 11.2 Å². The molecular formula is C21H27NO4S. The molecule has 0 aliphatic heterocycles. The zero-order chi connectivity index (χ0) is 19.6. The lowest BCUT2D eigenvalue weighted by atomic mass is 10.2. The first-order valence-electron chi connectivity index (χ1n) is 9.04. The van der Waals surface area contributed by atoms with Gasteiger partial charge in [0.25, 0.3) is 0 Å². The SMILES string of the molecule is CCOc1ccc(CNC(=O)C(C)Sc2ccc(OC)cc2)cc1OCC. The van der Waals surface area contributed by atoms with Gasteiger partial charge in [0.15, 0.2) is 11.5 Å². The highest BCUT2D eigenvalue weighted by atomic mass is 32.2. The van der Waals surface area contributed by atoms with E-state index in [2.05, 4.69) is 5.32 Å². The first-order valence-corrected chi connectivity index (χ1v) is 9.92. The van der Waals surface area contributed by atoms with Crippen molar-refractivity contribution in [2.24, 2.45) is 0 Å². The van der Waals surface area contributed by atoms with Crippen LogP contribution >= 0.6 is 11.8 Å². The summed E-state index contributed by atoms with van der Waals surface area (Å²) in [5.74, 6) is 2.21. The Morgan fingerprint density at radius 1 is 1.04 bits per heavy atom. The van der Waals surface area contributed by atoms with Crippen LogP contribution in [0.4, 0.5) is 0 Å². The van der Waals surface area contributed by atoms with Crippen molar-refractivity contribution in [2.45, 2.75) is 37.5 Å². The van der Waals surface area contributed by atoms with Crippen LogP contribution in [-0.2, 0) is 11.3 Å². The van der Waals surface area contributed by atoms with Crippen LogP contribution in [-0.4, -0.2) is 31.5 Å². The Bertz CT molecular complexity index is 733. The lowest BCUT2D eigenvalue weighted by molar-refractivity contribution is -0.120. The molecule has 1 unspecified atom stereocenters. The van der Waals surface area contributed by atoms with Gasteiger partial charge >= 0.3 is 0 Å². The van der Waals surface area contributed by atoms with Crippen molar-refractivity contribution < 1.29 is 19.0 Å². The zero-order valence-electron chi connectivity index (χ0n) is 16.3. The number of ether oxygens (including phenoxy) is 3. The third-order valence-corrected chi connectivity index (χ3v) is 4.93. The average Bonchev–Trinajstić information content (AvgIpc) is 2.68.